The Kier molecular flexibility index (Phi) is 13.5. The standard InChI is InChI=1S/C74H78N4O/c1-48(2)61-29-23-30-62(49(3)4)70(61)50-32-35-66-68(38-50)77(47-76(66)57-40-54(71(5,6)7)39-55(41-57)72(8,9)10)58-42-56(74(13,14)52-26-19-16-20-27-52)43-60(45-58)79-59-33-34-64-63-28-21-22-31-65(63)78(67(64)46-59)69-44-53(36-37-75-69)73(11,12)51-24-17-15-18-25-51/h15-46,48-49H,47H2,1-14H3. The number of rotatable bonds is 12. The van der Waals surface area contributed by atoms with E-state index in [4.69, 9.17) is 9.72 Å². The van der Waals surface area contributed by atoms with Crippen molar-refractivity contribution in [3.8, 4) is 28.4 Å². The van der Waals surface area contributed by atoms with E-state index in [1.165, 1.54) is 72.5 Å². The number of aromatic nitrogens is 2. The largest absolute Gasteiger partial charge is 0.457 e. The van der Waals surface area contributed by atoms with Crippen molar-refractivity contribution in [2.24, 2.45) is 0 Å². The molecule has 0 bridgehead atoms. The molecule has 2 aromatic heterocycles. The number of pyridine rings is 1. The van der Waals surface area contributed by atoms with Crippen molar-refractivity contribution >= 4 is 44.6 Å². The van der Waals surface area contributed by atoms with Crippen LogP contribution in [0, 0.1) is 0 Å². The zero-order valence-corrected chi connectivity index (χ0v) is 49.0. The van der Waals surface area contributed by atoms with E-state index in [9.17, 15) is 0 Å². The highest BCUT2D eigenvalue weighted by Crippen LogP contribution is 2.51. The number of ether oxygens (including phenoxy) is 1. The molecule has 1 aliphatic heterocycles. The van der Waals surface area contributed by atoms with Crippen LogP contribution < -0.4 is 14.5 Å². The highest BCUT2D eigenvalue weighted by Gasteiger charge is 2.34. The molecule has 0 amide bonds. The van der Waals surface area contributed by atoms with Crippen molar-refractivity contribution in [1.29, 1.82) is 0 Å². The van der Waals surface area contributed by atoms with Crippen molar-refractivity contribution in [3.05, 3.63) is 239 Å². The summed E-state index contributed by atoms with van der Waals surface area (Å²) in [5.41, 5.74) is 18.9. The van der Waals surface area contributed by atoms with Gasteiger partial charge in [-0.15, -0.1) is 0 Å². The Hall–Kier alpha value is -7.89. The highest BCUT2D eigenvalue weighted by atomic mass is 16.5. The van der Waals surface area contributed by atoms with Gasteiger partial charge in [-0.2, -0.15) is 0 Å². The van der Waals surface area contributed by atoms with Crippen LogP contribution in [0.25, 0.3) is 38.8 Å². The molecule has 11 rings (SSSR count). The fraction of sp³-hybridized carbons (Fsp3) is 0.284. The number of fused-ring (bicyclic) bond motifs is 4. The summed E-state index contributed by atoms with van der Waals surface area (Å²) >= 11 is 0. The molecule has 79 heavy (non-hydrogen) atoms. The second kappa shape index (κ2) is 20.1. The summed E-state index contributed by atoms with van der Waals surface area (Å²) < 4.78 is 9.59. The molecule has 10 aromatic rings. The van der Waals surface area contributed by atoms with Crippen LogP contribution in [0.5, 0.6) is 11.5 Å². The Morgan fingerprint density at radius 3 is 1.59 bits per heavy atom. The van der Waals surface area contributed by atoms with Gasteiger partial charge in [-0.25, -0.2) is 4.98 Å². The van der Waals surface area contributed by atoms with Gasteiger partial charge in [0.2, 0.25) is 0 Å². The predicted molar refractivity (Wildman–Crippen MR) is 335 cm³/mol. The number of hydrogen-bond acceptors (Lipinski definition) is 4. The first-order chi connectivity index (χ1) is 37.6. The Balaban J connectivity index is 1.09. The summed E-state index contributed by atoms with van der Waals surface area (Å²) in [6.45, 7) is 33.1. The third-order valence-corrected chi connectivity index (χ3v) is 17.0. The van der Waals surface area contributed by atoms with Crippen LogP contribution >= 0.6 is 0 Å². The zero-order chi connectivity index (χ0) is 55.8. The Labute approximate surface area is 470 Å². The molecule has 0 fully saturated rings. The number of anilines is 4. The molecule has 0 aliphatic carbocycles. The monoisotopic (exact) mass is 1040 g/mol. The molecule has 5 nitrogen and oxygen atoms in total. The molecule has 0 N–H and O–H groups in total. The summed E-state index contributed by atoms with van der Waals surface area (Å²) in [7, 11) is 0. The average molecular weight is 1040 g/mol. The topological polar surface area (TPSA) is 33.5 Å². The normalized spacial score (nSPS) is 13.3. The minimum absolute atomic E-state index is 0.0449. The molecule has 0 saturated carbocycles. The first-order valence-electron chi connectivity index (χ1n) is 28.5. The lowest BCUT2D eigenvalue weighted by molar-refractivity contribution is 0.480. The lowest BCUT2D eigenvalue weighted by atomic mass is 9.78. The second-order valence-electron chi connectivity index (χ2n) is 25.8. The summed E-state index contributed by atoms with van der Waals surface area (Å²) in [6.07, 6.45) is 1.95. The smallest absolute Gasteiger partial charge is 0.137 e. The second-order valence-corrected chi connectivity index (χ2v) is 25.8. The molecule has 5 heteroatoms. The highest BCUT2D eigenvalue weighted by molar-refractivity contribution is 6.09. The van der Waals surface area contributed by atoms with E-state index >= 15 is 0 Å². The van der Waals surface area contributed by atoms with Gasteiger partial charge >= 0.3 is 0 Å². The van der Waals surface area contributed by atoms with Crippen LogP contribution in [0.3, 0.4) is 0 Å². The lowest BCUT2D eigenvalue weighted by Gasteiger charge is -2.30. The fourth-order valence-electron chi connectivity index (χ4n) is 11.9. The molecule has 0 spiro atoms. The first kappa shape index (κ1) is 53.1. The predicted octanol–water partition coefficient (Wildman–Crippen LogP) is 20.4. The molecule has 1 aliphatic rings. The number of hydrogen-bond donors (Lipinski definition) is 0. The quantitative estimate of drug-likeness (QED) is 0.122. The summed E-state index contributed by atoms with van der Waals surface area (Å²) in [5.74, 6) is 3.11. The van der Waals surface area contributed by atoms with Crippen LogP contribution in [0.1, 0.15) is 153 Å². The molecular weight excluding hydrogens is 961 g/mol. The van der Waals surface area contributed by atoms with Gasteiger partial charge in [0.05, 0.1) is 22.4 Å². The fourth-order valence-corrected chi connectivity index (χ4v) is 11.9. The molecule has 3 heterocycles. The van der Waals surface area contributed by atoms with Gasteiger partial charge in [-0.3, -0.25) is 4.57 Å². The first-order valence-corrected chi connectivity index (χ1v) is 28.5. The molecule has 0 unspecified atom stereocenters. The minimum atomic E-state index is -0.370. The van der Waals surface area contributed by atoms with Crippen LogP contribution in [-0.2, 0) is 21.7 Å². The number of benzene rings is 8. The maximum atomic E-state index is 7.29. The van der Waals surface area contributed by atoms with Gasteiger partial charge in [0, 0.05) is 51.3 Å². The van der Waals surface area contributed by atoms with E-state index in [1.807, 2.05) is 6.20 Å². The van der Waals surface area contributed by atoms with E-state index in [0.717, 1.165) is 45.0 Å². The maximum Gasteiger partial charge on any atom is 0.137 e. The number of para-hydroxylation sites is 1. The van der Waals surface area contributed by atoms with Crippen molar-refractivity contribution < 1.29 is 4.74 Å². The van der Waals surface area contributed by atoms with E-state index in [0.29, 0.717) is 18.5 Å². The molecule has 8 aromatic carbocycles. The van der Waals surface area contributed by atoms with Gasteiger partial charge in [0.25, 0.3) is 0 Å². The van der Waals surface area contributed by atoms with Crippen molar-refractivity contribution in [2.75, 3.05) is 16.5 Å². The van der Waals surface area contributed by atoms with Gasteiger partial charge in [-0.05, 0) is 145 Å². The van der Waals surface area contributed by atoms with Crippen LogP contribution in [0.15, 0.2) is 194 Å². The van der Waals surface area contributed by atoms with Gasteiger partial charge in [0.15, 0.2) is 0 Å². The molecule has 0 atom stereocenters. The summed E-state index contributed by atoms with van der Waals surface area (Å²) in [5, 5.41) is 2.31. The molecule has 0 saturated heterocycles. The van der Waals surface area contributed by atoms with E-state index < -0.39 is 0 Å². The van der Waals surface area contributed by atoms with Crippen molar-refractivity contribution in [3.63, 3.8) is 0 Å². The van der Waals surface area contributed by atoms with Crippen LogP contribution in [0.4, 0.5) is 22.7 Å². The van der Waals surface area contributed by atoms with E-state index in [2.05, 4.69) is 299 Å². The zero-order valence-electron chi connectivity index (χ0n) is 49.0. The van der Waals surface area contributed by atoms with Crippen LogP contribution in [-0.4, -0.2) is 16.2 Å². The van der Waals surface area contributed by atoms with Crippen molar-refractivity contribution in [1.82, 2.24) is 9.55 Å². The third kappa shape index (κ3) is 9.92. The van der Waals surface area contributed by atoms with Crippen molar-refractivity contribution in [2.45, 2.75) is 130 Å². The Morgan fingerprint density at radius 2 is 0.975 bits per heavy atom. The Morgan fingerprint density at radius 1 is 0.418 bits per heavy atom. The minimum Gasteiger partial charge on any atom is -0.457 e. The molecule has 0 radical (unpaired) electrons. The average Bonchev–Trinajstić information content (AvgIpc) is 4.22. The van der Waals surface area contributed by atoms with Gasteiger partial charge in [0.1, 0.15) is 24.0 Å². The third-order valence-electron chi connectivity index (χ3n) is 17.0. The molecule has 400 valence electrons. The van der Waals surface area contributed by atoms with Gasteiger partial charge in [-0.1, -0.05) is 206 Å². The number of nitrogens with zero attached hydrogens (tertiary/aromatic N) is 4. The lowest BCUT2D eigenvalue weighted by Crippen LogP contribution is -2.26. The van der Waals surface area contributed by atoms with E-state index in [-0.39, 0.29) is 21.7 Å². The summed E-state index contributed by atoms with van der Waals surface area (Å²) in [6, 6.07) is 69.5. The van der Waals surface area contributed by atoms with Crippen LogP contribution in [0.2, 0.25) is 0 Å². The Bertz CT molecular complexity index is 3820. The molecular formula is C74H78N4O. The van der Waals surface area contributed by atoms with E-state index in [1.54, 1.807) is 0 Å². The maximum absolute atomic E-state index is 7.29. The van der Waals surface area contributed by atoms with Gasteiger partial charge < -0.3 is 14.5 Å². The summed E-state index contributed by atoms with van der Waals surface area (Å²) in [4.78, 5) is 10.1. The SMILES string of the molecule is CC(C)c1cccc(C(C)C)c1-c1ccc2c(c1)N(c1cc(Oc3ccc4c5ccccc5n(-c5cc(C(C)(C)c6ccccc6)ccn5)c4c3)cc(C(C)(C)c3ccccc3)c1)CN2c1cc(C(C)(C)C)cc(C(C)(C)C)c1.